The number of benzene rings is 2. The lowest BCUT2D eigenvalue weighted by atomic mass is 10.0. The molecule has 3 rings (SSSR count). The van der Waals surface area contributed by atoms with Crippen LogP contribution in [0.2, 0.25) is 0 Å². The van der Waals surface area contributed by atoms with E-state index in [2.05, 4.69) is 27.2 Å². The minimum absolute atomic E-state index is 0.0421. The molecule has 6 N–H and O–H groups in total. The molecule has 0 aliphatic carbocycles. The first-order valence-corrected chi connectivity index (χ1v) is 14.8. The fraction of sp³-hybridized carbons (Fsp3) is 0.324. The van der Waals surface area contributed by atoms with Crippen molar-refractivity contribution in [3.63, 3.8) is 0 Å². The molecule has 1 aliphatic heterocycles. The second-order valence-electron chi connectivity index (χ2n) is 10.7. The van der Waals surface area contributed by atoms with Gasteiger partial charge in [0.05, 0.1) is 11.7 Å². The molecular formula is C34H43N7O3. The SMILES string of the molecule is C=C(/C=N\C=C(/C)NC(=O)c1ccc2c(c1)N=C(N)CC(C(=O)N(CCC)CCC)=C2)CNC(=O)C(N)Cc1ccccc1. The molecule has 2 aromatic carbocycles. The van der Waals surface area contributed by atoms with Crippen molar-refractivity contribution in [1.82, 2.24) is 15.5 Å². The van der Waals surface area contributed by atoms with Crippen molar-refractivity contribution < 1.29 is 14.4 Å². The maximum absolute atomic E-state index is 13.2. The zero-order valence-electron chi connectivity index (χ0n) is 25.8. The summed E-state index contributed by atoms with van der Waals surface area (Å²) in [5.74, 6) is -0.346. The van der Waals surface area contributed by atoms with E-state index in [1.54, 1.807) is 25.1 Å². The smallest absolute Gasteiger partial charge is 0.255 e. The van der Waals surface area contributed by atoms with Crippen molar-refractivity contribution in [2.45, 2.75) is 52.5 Å². The molecule has 0 bridgehead atoms. The molecule has 0 saturated carbocycles. The Hall–Kier alpha value is -4.83. The van der Waals surface area contributed by atoms with Crippen LogP contribution in [0.4, 0.5) is 5.69 Å². The Morgan fingerprint density at radius 3 is 2.50 bits per heavy atom. The molecule has 10 heteroatoms. The summed E-state index contributed by atoms with van der Waals surface area (Å²) < 4.78 is 0. The molecule has 1 heterocycles. The Labute approximate surface area is 259 Å². The first-order valence-electron chi connectivity index (χ1n) is 14.8. The summed E-state index contributed by atoms with van der Waals surface area (Å²) >= 11 is 0. The zero-order chi connectivity index (χ0) is 32.1. The van der Waals surface area contributed by atoms with Gasteiger partial charge in [0.1, 0.15) is 5.84 Å². The monoisotopic (exact) mass is 597 g/mol. The summed E-state index contributed by atoms with van der Waals surface area (Å²) in [7, 11) is 0. The van der Waals surface area contributed by atoms with Gasteiger partial charge in [-0.1, -0.05) is 56.8 Å². The van der Waals surface area contributed by atoms with Crippen molar-refractivity contribution in [2.75, 3.05) is 19.6 Å². The van der Waals surface area contributed by atoms with E-state index >= 15 is 0 Å². The van der Waals surface area contributed by atoms with Crippen molar-refractivity contribution in [3.8, 4) is 0 Å². The Bertz CT molecular complexity index is 1470. The van der Waals surface area contributed by atoms with Crippen LogP contribution in [-0.2, 0) is 16.0 Å². The number of amidine groups is 1. The van der Waals surface area contributed by atoms with Gasteiger partial charge in [-0.25, -0.2) is 4.99 Å². The highest BCUT2D eigenvalue weighted by molar-refractivity contribution is 6.06. The van der Waals surface area contributed by atoms with Crippen LogP contribution in [0.25, 0.3) is 6.08 Å². The molecule has 10 nitrogen and oxygen atoms in total. The Balaban J connectivity index is 1.57. The number of allylic oxidation sites excluding steroid dienone is 1. The number of aliphatic imine (C=N–C) groups is 2. The first kappa shape index (κ1) is 33.7. The summed E-state index contributed by atoms with van der Waals surface area (Å²) in [5, 5.41) is 5.56. The normalized spacial score (nSPS) is 13.7. The third-order valence-electron chi connectivity index (χ3n) is 6.77. The maximum atomic E-state index is 13.2. The summed E-state index contributed by atoms with van der Waals surface area (Å²) in [6.45, 7) is 11.3. The molecule has 1 aliphatic rings. The molecule has 0 fully saturated rings. The molecule has 44 heavy (non-hydrogen) atoms. The fourth-order valence-electron chi connectivity index (χ4n) is 4.60. The van der Waals surface area contributed by atoms with Crippen molar-refractivity contribution >= 4 is 41.5 Å². The number of fused-ring (bicyclic) bond motifs is 1. The van der Waals surface area contributed by atoms with Gasteiger partial charge in [-0.2, -0.15) is 0 Å². The van der Waals surface area contributed by atoms with Gasteiger partial charge in [0, 0.05) is 60.9 Å². The third kappa shape index (κ3) is 10.2. The molecule has 0 aromatic heterocycles. The maximum Gasteiger partial charge on any atom is 0.255 e. The number of nitrogens with two attached hydrogens (primary N) is 2. The van der Waals surface area contributed by atoms with E-state index in [1.165, 1.54) is 12.4 Å². The Kier molecular flexibility index (Phi) is 12.8. The zero-order valence-corrected chi connectivity index (χ0v) is 25.8. The molecule has 0 radical (unpaired) electrons. The van der Waals surface area contributed by atoms with E-state index in [0.29, 0.717) is 53.4 Å². The van der Waals surface area contributed by atoms with E-state index in [1.807, 2.05) is 55.2 Å². The average molecular weight is 598 g/mol. The molecule has 1 atom stereocenters. The molecule has 0 saturated heterocycles. The lowest BCUT2D eigenvalue weighted by Gasteiger charge is -2.22. The van der Waals surface area contributed by atoms with Crippen molar-refractivity contribution in [2.24, 2.45) is 21.5 Å². The van der Waals surface area contributed by atoms with Crippen LogP contribution in [0.1, 0.15) is 61.5 Å². The van der Waals surface area contributed by atoms with Gasteiger partial charge in [0.15, 0.2) is 0 Å². The first-order chi connectivity index (χ1) is 21.1. The van der Waals surface area contributed by atoms with E-state index < -0.39 is 6.04 Å². The predicted molar refractivity (Wildman–Crippen MR) is 177 cm³/mol. The largest absolute Gasteiger partial charge is 0.387 e. The minimum Gasteiger partial charge on any atom is -0.387 e. The number of rotatable bonds is 14. The highest BCUT2D eigenvalue weighted by atomic mass is 16.2. The topological polar surface area (TPSA) is 155 Å². The minimum atomic E-state index is -0.669. The van der Waals surface area contributed by atoms with Crippen molar-refractivity contribution in [3.05, 3.63) is 94.8 Å². The number of nitrogens with zero attached hydrogens (tertiary/aromatic N) is 3. The van der Waals surface area contributed by atoms with Crippen LogP contribution in [0, 0.1) is 0 Å². The second-order valence-corrected chi connectivity index (χ2v) is 10.7. The molecular weight excluding hydrogens is 554 g/mol. The van der Waals surface area contributed by atoms with Gasteiger partial charge in [0.25, 0.3) is 5.91 Å². The second kappa shape index (κ2) is 16.7. The van der Waals surface area contributed by atoms with Crippen LogP contribution in [0.15, 0.2) is 88.1 Å². The molecule has 3 amide bonds. The number of hydrogen-bond donors (Lipinski definition) is 4. The highest BCUT2D eigenvalue weighted by Crippen LogP contribution is 2.28. The quantitative estimate of drug-likeness (QED) is 0.242. The average Bonchev–Trinajstić information content (AvgIpc) is 3.17. The van der Waals surface area contributed by atoms with Gasteiger partial charge in [-0.3, -0.25) is 19.4 Å². The summed E-state index contributed by atoms with van der Waals surface area (Å²) in [4.78, 5) is 49.0. The molecule has 0 spiro atoms. The van der Waals surface area contributed by atoms with Crippen LogP contribution < -0.4 is 22.1 Å². The summed E-state index contributed by atoms with van der Waals surface area (Å²) in [6, 6.07) is 14.0. The molecule has 232 valence electrons. The van der Waals surface area contributed by atoms with E-state index in [4.69, 9.17) is 11.5 Å². The van der Waals surface area contributed by atoms with E-state index in [-0.39, 0.29) is 30.7 Å². The highest BCUT2D eigenvalue weighted by Gasteiger charge is 2.21. The van der Waals surface area contributed by atoms with Gasteiger partial charge in [0.2, 0.25) is 11.8 Å². The lowest BCUT2D eigenvalue weighted by molar-refractivity contribution is -0.127. The van der Waals surface area contributed by atoms with Crippen molar-refractivity contribution in [1.29, 1.82) is 0 Å². The Morgan fingerprint density at radius 1 is 1.11 bits per heavy atom. The number of carbonyl (C=O) groups excluding carboxylic acids is 3. The van der Waals surface area contributed by atoms with Crippen LogP contribution >= 0.6 is 0 Å². The van der Waals surface area contributed by atoms with E-state index in [9.17, 15) is 14.4 Å². The van der Waals surface area contributed by atoms with Gasteiger partial charge < -0.3 is 27.0 Å². The van der Waals surface area contributed by atoms with Crippen LogP contribution in [0.5, 0.6) is 0 Å². The van der Waals surface area contributed by atoms with Gasteiger partial charge in [-0.15, -0.1) is 0 Å². The molecule has 1 unspecified atom stereocenters. The summed E-state index contributed by atoms with van der Waals surface area (Å²) in [6.07, 6.45) is 7.23. The molecule has 2 aromatic rings. The predicted octanol–water partition coefficient (Wildman–Crippen LogP) is 4.02. The summed E-state index contributed by atoms with van der Waals surface area (Å²) in [5.41, 5.74) is 16.5. The fourth-order valence-corrected chi connectivity index (χ4v) is 4.60. The third-order valence-corrected chi connectivity index (χ3v) is 6.77. The van der Waals surface area contributed by atoms with Crippen LogP contribution in [0.3, 0.4) is 0 Å². The van der Waals surface area contributed by atoms with Crippen LogP contribution in [-0.4, -0.2) is 60.3 Å². The standard InChI is InChI=1S/C34H43N7O3/c1-5-14-41(15-6-2)34(44)28-17-26-12-13-27(18-30(26)40-31(36)19-28)32(42)39-24(4)22-37-20-23(3)21-38-33(43)29(35)16-25-10-8-7-9-11-25/h7-13,17-18,20,22,29H,3,5-6,14-16,19,21,35H2,1-2,4H3,(H2,36,40)(H,38,43)(H,39,42)/b24-22+,37-20-. The number of carbonyl (C=O) groups is 3. The number of nitrogens with one attached hydrogen (secondary N) is 2. The lowest BCUT2D eigenvalue weighted by Crippen LogP contribution is -2.42. The van der Waals surface area contributed by atoms with Gasteiger partial charge >= 0.3 is 0 Å². The number of hydrogen-bond acceptors (Lipinski definition) is 7. The Morgan fingerprint density at radius 2 is 1.82 bits per heavy atom. The van der Waals surface area contributed by atoms with Gasteiger partial charge in [-0.05, 0) is 55.5 Å². The van der Waals surface area contributed by atoms with E-state index in [0.717, 1.165) is 24.0 Å². The number of amides is 3.